The Hall–Kier alpha value is -2.41. The van der Waals surface area contributed by atoms with E-state index in [-0.39, 0.29) is 30.0 Å². The number of halogens is 3. The molecular formula is C22H23Cl2FN4O. The van der Waals surface area contributed by atoms with Gasteiger partial charge in [0.05, 0.1) is 23.1 Å². The van der Waals surface area contributed by atoms with E-state index in [0.29, 0.717) is 16.3 Å². The molecule has 1 aliphatic heterocycles. The largest absolute Gasteiger partial charge is 0.322 e. The molecule has 0 atom stereocenters. The molecule has 1 saturated heterocycles. The Balaban J connectivity index is 0.00000256. The lowest BCUT2D eigenvalue weighted by Crippen LogP contribution is -2.29. The van der Waals surface area contributed by atoms with Crippen molar-refractivity contribution in [2.45, 2.75) is 25.7 Å². The highest BCUT2D eigenvalue weighted by atomic mass is 35.5. The van der Waals surface area contributed by atoms with Gasteiger partial charge < -0.3 is 10.6 Å². The fourth-order valence-electron chi connectivity index (χ4n) is 3.73. The van der Waals surface area contributed by atoms with Crippen molar-refractivity contribution in [3.05, 3.63) is 76.3 Å². The maximum Gasteiger partial charge on any atom is 0.259 e. The third kappa shape index (κ3) is 4.67. The van der Waals surface area contributed by atoms with Gasteiger partial charge in [0, 0.05) is 16.6 Å². The van der Waals surface area contributed by atoms with Crippen molar-refractivity contribution in [2.75, 3.05) is 18.4 Å². The summed E-state index contributed by atoms with van der Waals surface area (Å²) in [5, 5.41) is 11.4. The van der Waals surface area contributed by atoms with Crippen molar-refractivity contribution >= 4 is 35.6 Å². The predicted molar refractivity (Wildman–Crippen MR) is 120 cm³/mol. The van der Waals surface area contributed by atoms with Gasteiger partial charge in [0.1, 0.15) is 5.82 Å². The quantitative estimate of drug-likeness (QED) is 0.582. The number of aromatic nitrogens is 2. The predicted octanol–water partition coefficient (Wildman–Crippen LogP) is 5.11. The van der Waals surface area contributed by atoms with Crippen LogP contribution in [0, 0.1) is 12.7 Å². The van der Waals surface area contributed by atoms with Gasteiger partial charge in [0.15, 0.2) is 0 Å². The summed E-state index contributed by atoms with van der Waals surface area (Å²) in [6.45, 7) is 3.68. The lowest BCUT2D eigenvalue weighted by Gasteiger charge is -2.24. The molecule has 1 aliphatic rings. The number of hydrogen-bond donors (Lipinski definition) is 2. The van der Waals surface area contributed by atoms with E-state index in [0.717, 1.165) is 42.9 Å². The Morgan fingerprint density at radius 3 is 2.60 bits per heavy atom. The molecule has 1 amide bonds. The smallest absolute Gasteiger partial charge is 0.259 e. The number of carbonyl (C=O) groups excluding carboxylic acids is 1. The van der Waals surface area contributed by atoms with Gasteiger partial charge in [-0.15, -0.1) is 12.4 Å². The topological polar surface area (TPSA) is 59.0 Å². The highest BCUT2D eigenvalue weighted by Crippen LogP contribution is 2.31. The normalized spacial score (nSPS) is 14.2. The molecule has 158 valence electrons. The summed E-state index contributed by atoms with van der Waals surface area (Å²) >= 11 is 6.09. The minimum Gasteiger partial charge on any atom is -0.322 e. The summed E-state index contributed by atoms with van der Waals surface area (Å²) in [5.41, 5.74) is 3.72. The van der Waals surface area contributed by atoms with Gasteiger partial charge >= 0.3 is 0 Å². The first-order chi connectivity index (χ1) is 14.0. The Bertz CT molecular complexity index is 1030. The Kier molecular flexibility index (Phi) is 7.13. The van der Waals surface area contributed by atoms with E-state index in [2.05, 4.69) is 15.7 Å². The lowest BCUT2D eigenvalue weighted by atomic mass is 9.91. The molecule has 4 rings (SSSR count). The van der Waals surface area contributed by atoms with Crippen LogP contribution in [0.1, 0.15) is 40.4 Å². The monoisotopic (exact) mass is 448 g/mol. The Morgan fingerprint density at radius 2 is 1.90 bits per heavy atom. The minimum absolute atomic E-state index is 0. The van der Waals surface area contributed by atoms with Gasteiger partial charge in [0.25, 0.3) is 5.91 Å². The number of piperidine rings is 1. The van der Waals surface area contributed by atoms with E-state index in [9.17, 15) is 9.18 Å². The van der Waals surface area contributed by atoms with Crippen LogP contribution in [0.25, 0.3) is 5.69 Å². The number of aryl methyl sites for hydroxylation is 1. The van der Waals surface area contributed by atoms with Crippen molar-refractivity contribution in [3.8, 4) is 5.69 Å². The van der Waals surface area contributed by atoms with Gasteiger partial charge in [-0.25, -0.2) is 9.07 Å². The van der Waals surface area contributed by atoms with Crippen molar-refractivity contribution < 1.29 is 9.18 Å². The second kappa shape index (κ2) is 9.60. The van der Waals surface area contributed by atoms with Crippen molar-refractivity contribution in [2.24, 2.45) is 0 Å². The summed E-state index contributed by atoms with van der Waals surface area (Å²) in [4.78, 5) is 13.2. The number of amides is 1. The van der Waals surface area contributed by atoms with Gasteiger partial charge in [-0.3, -0.25) is 4.79 Å². The first-order valence-electron chi connectivity index (χ1n) is 9.65. The van der Waals surface area contributed by atoms with Gasteiger partial charge in [0.2, 0.25) is 0 Å². The fraction of sp³-hybridized carbons (Fsp3) is 0.273. The molecule has 0 spiro atoms. The second-order valence-corrected chi connectivity index (χ2v) is 7.71. The molecule has 5 nitrogen and oxygen atoms in total. The summed E-state index contributed by atoms with van der Waals surface area (Å²) in [5.74, 6) is -0.346. The van der Waals surface area contributed by atoms with E-state index in [1.54, 1.807) is 35.1 Å². The Morgan fingerprint density at radius 1 is 1.20 bits per heavy atom. The average Bonchev–Trinajstić information content (AvgIpc) is 3.17. The minimum atomic E-state index is -0.307. The van der Waals surface area contributed by atoms with Gasteiger partial charge in [-0.05, 0) is 74.8 Å². The zero-order valence-electron chi connectivity index (χ0n) is 16.5. The fourth-order valence-corrected chi connectivity index (χ4v) is 3.90. The third-order valence-electron chi connectivity index (χ3n) is 5.30. The van der Waals surface area contributed by atoms with Crippen molar-refractivity contribution in [1.29, 1.82) is 0 Å². The number of hydrogen-bond acceptors (Lipinski definition) is 3. The van der Waals surface area contributed by atoms with E-state index in [4.69, 9.17) is 11.6 Å². The average molecular weight is 449 g/mol. The number of nitrogens with zero attached hydrogens (tertiary/aromatic N) is 2. The maximum absolute atomic E-state index is 13.4. The maximum atomic E-state index is 13.4. The van der Waals surface area contributed by atoms with Crippen LogP contribution in [0.3, 0.4) is 0 Å². The number of benzene rings is 2. The summed E-state index contributed by atoms with van der Waals surface area (Å²) < 4.78 is 15.1. The van der Waals surface area contributed by atoms with Crippen LogP contribution in [0.15, 0.2) is 48.7 Å². The number of carbonyl (C=O) groups is 1. The van der Waals surface area contributed by atoms with Crippen LogP contribution in [0.4, 0.5) is 10.1 Å². The van der Waals surface area contributed by atoms with Crippen LogP contribution in [0.2, 0.25) is 5.02 Å². The third-order valence-corrected chi connectivity index (χ3v) is 5.53. The van der Waals surface area contributed by atoms with Crippen LogP contribution < -0.4 is 10.6 Å². The highest BCUT2D eigenvalue weighted by molar-refractivity contribution is 6.31. The molecule has 2 heterocycles. The van der Waals surface area contributed by atoms with Gasteiger partial charge in [-0.1, -0.05) is 17.7 Å². The molecule has 0 radical (unpaired) electrons. The van der Waals surface area contributed by atoms with Crippen LogP contribution >= 0.6 is 24.0 Å². The summed E-state index contributed by atoms with van der Waals surface area (Å²) in [6, 6.07) is 11.6. The molecule has 1 fully saturated rings. The number of anilines is 1. The van der Waals surface area contributed by atoms with E-state index in [1.807, 2.05) is 13.0 Å². The molecule has 1 aromatic heterocycles. The molecule has 2 aromatic carbocycles. The second-order valence-electron chi connectivity index (χ2n) is 7.27. The van der Waals surface area contributed by atoms with E-state index < -0.39 is 0 Å². The van der Waals surface area contributed by atoms with E-state index in [1.165, 1.54) is 12.1 Å². The van der Waals surface area contributed by atoms with Crippen molar-refractivity contribution in [1.82, 2.24) is 15.1 Å². The molecule has 2 N–H and O–H groups in total. The lowest BCUT2D eigenvalue weighted by molar-refractivity contribution is 0.102. The molecule has 0 unspecified atom stereocenters. The summed E-state index contributed by atoms with van der Waals surface area (Å²) in [7, 11) is 0. The summed E-state index contributed by atoms with van der Waals surface area (Å²) in [6.07, 6.45) is 3.41. The molecule has 0 saturated carbocycles. The molecular weight excluding hydrogens is 426 g/mol. The molecule has 0 bridgehead atoms. The first-order valence-corrected chi connectivity index (χ1v) is 10.0. The van der Waals surface area contributed by atoms with Crippen LogP contribution in [-0.2, 0) is 0 Å². The van der Waals surface area contributed by atoms with Crippen LogP contribution in [0.5, 0.6) is 0 Å². The highest BCUT2D eigenvalue weighted by Gasteiger charge is 2.27. The number of rotatable bonds is 4. The Labute approximate surface area is 186 Å². The SMILES string of the molecule is Cc1ccc(Cl)cc1NC(=O)c1cnn(-c2ccc(F)cc2)c1C1CCNCC1.Cl. The molecule has 30 heavy (non-hydrogen) atoms. The zero-order valence-corrected chi connectivity index (χ0v) is 18.1. The van der Waals surface area contributed by atoms with Gasteiger partial charge in [-0.2, -0.15) is 5.10 Å². The van der Waals surface area contributed by atoms with E-state index >= 15 is 0 Å². The first kappa shape index (κ1) is 22.3. The number of nitrogens with one attached hydrogen (secondary N) is 2. The standard InChI is InChI=1S/C22H22ClFN4O.ClH/c1-14-2-3-16(23)12-20(14)27-22(29)19-13-26-28(18-6-4-17(24)5-7-18)21(19)15-8-10-25-11-9-15;/h2-7,12-13,15,25H,8-11H2,1H3,(H,27,29);1H. The van der Waals surface area contributed by atoms with Crippen molar-refractivity contribution in [3.63, 3.8) is 0 Å². The molecule has 0 aliphatic carbocycles. The molecule has 8 heteroatoms. The zero-order chi connectivity index (χ0) is 20.4. The van der Waals surface area contributed by atoms with Crippen LogP contribution in [-0.4, -0.2) is 28.8 Å². The molecule has 3 aromatic rings.